The van der Waals surface area contributed by atoms with Gasteiger partial charge >= 0.3 is 0 Å². The molecule has 0 aliphatic carbocycles. The van der Waals surface area contributed by atoms with Gasteiger partial charge < -0.3 is 9.73 Å². The average Bonchev–Trinajstić information content (AvgIpc) is 2.73. The zero-order valence-corrected chi connectivity index (χ0v) is 14.9. The molecular formula is C24H16N2O2. The second-order valence-electron chi connectivity index (χ2n) is 6.67. The second kappa shape index (κ2) is 6.35. The Morgan fingerprint density at radius 2 is 1.43 bits per heavy atom. The second-order valence-corrected chi connectivity index (χ2v) is 6.67. The van der Waals surface area contributed by atoms with Crippen LogP contribution in [0.25, 0.3) is 32.5 Å². The van der Waals surface area contributed by atoms with Gasteiger partial charge in [0.1, 0.15) is 11.1 Å². The lowest BCUT2D eigenvalue weighted by atomic mass is 10.0. The molecule has 4 heteroatoms. The van der Waals surface area contributed by atoms with Gasteiger partial charge in [-0.15, -0.1) is 0 Å². The summed E-state index contributed by atoms with van der Waals surface area (Å²) >= 11 is 0. The molecule has 1 heterocycles. The molecule has 5 rings (SSSR count). The number of nitrogens with one attached hydrogen (secondary N) is 2. The van der Waals surface area contributed by atoms with Crippen molar-refractivity contribution in [3.8, 4) is 0 Å². The van der Waals surface area contributed by atoms with Crippen LogP contribution in [-0.2, 0) is 0 Å². The molecule has 0 spiro atoms. The minimum atomic E-state index is -0.361. The summed E-state index contributed by atoms with van der Waals surface area (Å²) in [6, 6.07) is 27.1. The molecule has 134 valence electrons. The fraction of sp³-hybridized carbons (Fsp3) is 0. The van der Waals surface area contributed by atoms with Gasteiger partial charge in [0.2, 0.25) is 5.55 Å². The van der Waals surface area contributed by atoms with Crippen molar-refractivity contribution in [1.29, 1.82) is 5.41 Å². The van der Waals surface area contributed by atoms with Crippen molar-refractivity contribution in [1.82, 2.24) is 0 Å². The van der Waals surface area contributed by atoms with Gasteiger partial charge in [0.05, 0.1) is 0 Å². The molecular weight excluding hydrogens is 348 g/mol. The molecule has 0 aliphatic heterocycles. The van der Waals surface area contributed by atoms with Crippen molar-refractivity contribution in [3.63, 3.8) is 0 Å². The molecule has 0 fully saturated rings. The molecule has 0 atom stereocenters. The zero-order chi connectivity index (χ0) is 19.1. The molecule has 4 nitrogen and oxygen atoms in total. The summed E-state index contributed by atoms with van der Waals surface area (Å²) in [5, 5.41) is 16.0. The number of anilines is 1. The van der Waals surface area contributed by atoms with E-state index in [1.165, 1.54) is 0 Å². The van der Waals surface area contributed by atoms with Crippen molar-refractivity contribution in [2.45, 2.75) is 0 Å². The molecule has 28 heavy (non-hydrogen) atoms. The summed E-state index contributed by atoms with van der Waals surface area (Å²) < 4.78 is 5.65. The molecule has 0 radical (unpaired) electrons. The highest BCUT2D eigenvalue weighted by Crippen LogP contribution is 2.26. The van der Waals surface area contributed by atoms with E-state index in [-0.39, 0.29) is 17.0 Å². The molecule has 0 bridgehead atoms. The smallest absolute Gasteiger partial charge is 0.261 e. The first kappa shape index (κ1) is 16.3. The minimum absolute atomic E-state index is 0.152. The fourth-order valence-corrected chi connectivity index (χ4v) is 3.58. The van der Waals surface area contributed by atoms with E-state index in [2.05, 4.69) is 5.32 Å². The van der Waals surface area contributed by atoms with E-state index < -0.39 is 0 Å². The third-order valence-electron chi connectivity index (χ3n) is 4.96. The van der Waals surface area contributed by atoms with Gasteiger partial charge in [-0.3, -0.25) is 10.2 Å². The van der Waals surface area contributed by atoms with Gasteiger partial charge in [0.15, 0.2) is 0 Å². The Labute approximate surface area is 160 Å². The summed E-state index contributed by atoms with van der Waals surface area (Å²) in [5.41, 5.74) is 1.35. The number of hydrogen-bond acceptors (Lipinski definition) is 3. The lowest BCUT2D eigenvalue weighted by Gasteiger charge is -2.10. The van der Waals surface area contributed by atoms with Gasteiger partial charge in [-0.2, -0.15) is 0 Å². The maximum absolute atomic E-state index is 13.0. The summed E-state index contributed by atoms with van der Waals surface area (Å²) in [4.78, 5) is 13.0. The van der Waals surface area contributed by atoms with E-state index in [0.29, 0.717) is 11.3 Å². The number of rotatable bonds is 2. The van der Waals surface area contributed by atoms with Gasteiger partial charge in [-0.25, -0.2) is 0 Å². The minimum Gasteiger partial charge on any atom is -0.438 e. The molecule has 0 saturated carbocycles. The Hall–Kier alpha value is -3.92. The third kappa shape index (κ3) is 2.63. The van der Waals surface area contributed by atoms with Gasteiger partial charge in [-0.05, 0) is 34.4 Å². The van der Waals surface area contributed by atoms with Gasteiger partial charge in [-0.1, -0.05) is 66.7 Å². The van der Waals surface area contributed by atoms with Crippen LogP contribution in [0.15, 0.2) is 89.3 Å². The lowest BCUT2D eigenvalue weighted by molar-refractivity contribution is 0.102. The van der Waals surface area contributed by atoms with Crippen LogP contribution in [0.4, 0.5) is 5.69 Å². The van der Waals surface area contributed by atoms with E-state index in [9.17, 15) is 4.79 Å². The van der Waals surface area contributed by atoms with Crippen molar-refractivity contribution < 1.29 is 9.21 Å². The predicted molar refractivity (Wildman–Crippen MR) is 111 cm³/mol. The molecule has 0 saturated heterocycles. The first-order valence-corrected chi connectivity index (χ1v) is 9.00. The van der Waals surface area contributed by atoms with Crippen molar-refractivity contribution in [2.75, 3.05) is 5.32 Å². The van der Waals surface area contributed by atoms with Crippen molar-refractivity contribution in [2.24, 2.45) is 0 Å². The van der Waals surface area contributed by atoms with Crippen LogP contribution < -0.4 is 10.9 Å². The summed E-state index contributed by atoms with van der Waals surface area (Å²) in [6.07, 6.45) is 0. The predicted octanol–water partition coefficient (Wildman–Crippen LogP) is 5.47. The number of fused-ring (bicyclic) bond motifs is 4. The topological polar surface area (TPSA) is 66.1 Å². The number of carbonyl (C=O) groups excluding carboxylic acids is 1. The highest BCUT2D eigenvalue weighted by atomic mass is 16.3. The molecule has 4 aromatic carbocycles. The number of amides is 1. The Kier molecular flexibility index (Phi) is 3.69. The first-order chi connectivity index (χ1) is 13.7. The quantitative estimate of drug-likeness (QED) is 0.408. The van der Waals surface area contributed by atoms with E-state index >= 15 is 0 Å². The van der Waals surface area contributed by atoms with Crippen LogP contribution in [0.2, 0.25) is 0 Å². The summed E-state index contributed by atoms with van der Waals surface area (Å²) in [6.45, 7) is 0. The number of hydrogen-bond donors (Lipinski definition) is 2. The zero-order valence-electron chi connectivity index (χ0n) is 14.9. The summed E-state index contributed by atoms with van der Waals surface area (Å²) in [7, 11) is 0. The molecule has 1 amide bonds. The van der Waals surface area contributed by atoms with Crippen LogP contribution in [0, 0.1) is 5.41 Å². The van der Waals surface area contributed by atoms with E-state index in [1.54, 1.807) is 6.07 Å². The molecule has 0 unspecified atom stereocenters. The Morgan fingerprint density at radius 1 is 0.750 bits per heavy atom. The third-order valence-corrected chi connectivity index (χ3v) is 4.96. The van der Waals surface area contributed by atoms with Crippen LogP contribution in [0.5, 0.6) is 0 Å². The van der Waals surface area contributed by atoms with Crippen molar-refractivity contribution >= 4 is 44.1 Å². The van der Waals surface area contributed by atoms with Gasteiger partial charge in [0, 0.05) is 16.5 Å². The van der Waals surface area contributed by atoms with Crippen LogP contribution in [-0.4, -0.2) is 5.91 Å². The SMILES string of the molecule is N=c1oc2ccc3ccccc3c2cc1C(=O)Nc1cccc2ccccc12. The first-order valence-electron chi connectivity index (χ1n) is 9.00. The summed E-state index contributed by atoms with van der Waals surface area (Å²) in [5.74, 6) is -0.361. The highest BCUT2D eigenvalue weighted by molar-refractivity contribution is 6.12. The fourth-order valence-electron chi connectivity index (χ4n) is 3.58. The van der Waals surface area contributed by atoms with Gasteiger partial charge in [0.25, 0.3) is 5.91 Å². The monoisotopic (exact) mass is 364 g/mol. The Bertz CT molecular complexity index is 1430. The van der Waals surface area contributed by atoms with E-state index in [1.807, 2.05) is 78.9 Å². The largest absolute Gasteiger partial charge is 0.438 e. The number of benzene rings is 4. The molecule has 1 aromatic heterocycles. The van der Waals surface area contributed by atoms with E-state index in [4.69, 9.17) is 9.83 Å². The molecule has 2 N–H and O–H groups in total. The lowest BCUT2D eigenvalue weighted by Crippen LogP contribution is -2.21. The molecule has 5 aromatic rings. The van der Waals surface area contributed by atoms with Crippen LogP contribution in [0.1, 0.15) is 10.4 Å². The van der Waals surface area contributed by atoms with E-state index in [0.717, 1.165) is 26.9 Å². The molecule has 0 aliphatic rings. The van der Waals surface area contributed by atoms with Crippen LogP contribution in [0.3, 0.4) is 0 Å². The Balaban J connectivity index is 1.63. The number of carbonyl (C=O) groups is 1. The normalized spacial score (nSPS) is 11.1. The highest BCUT2D eigenvalue weighted by Gasteiger charge is 2.14. The van der Waals surface area contributed by atoms with Crippen LogP contribution >= 0.6 is 0 Å². The van der Waals surface area contributed by atoms with Crippen molar-refractivity contribution in [3.05, 3.63) is 96.0 Å². The average molecular weight is 364 g/mol. The Morgan fingerprint density at radius 3 is 2.25 bits per heavy atom. The maximum Gasteiger partial charge on any atom is 0.261 e. The maximum atomic E-state index is 13.0. The standard InChI is InChI=1S/C24H16N2O2/c25-23-20(14-19-17-9-3-1-7-16(17)12-13-22(19)28-23)24(27)26-21-11-5-8-15-6-2-4-10-18(15)21/h1-14,25H,(H,26,27).